The van der Waals surface area contributed by atoms with Gasteiger partial charge in [-0.2, -0.15) is 0 Å². The summed E-state index contributed by atoms with van der Waals surface area (Å²) in [5.41, 5.74) is 3.97. The van der Waals surface area contributed by atoms with E-state index in [1.54, 1.807) is 0 Å². The summed E-state index contributed by atoms with van der Waals surface area (Å²) in [5, 5.41) is 5.60. The number of aryl methyl sites for hydroxylation is 2. The number of piperidine rings is 1. The molecule has 1 fully saturated rings. The molecule has 0 saturated carbocycles. The highest BCUT2D eigenvalue weighted by Gasteiger charge is 2.23. The number of hydrogen-bond donors (Lipinski definition) is 2. The lowest BCUT2D eigenvalue weighted by Gasteiger charge is -2.32. The van der Waals surface area contributed by atoms with Crippen molar-refractivity contribution >= 4 is 17.5 Å². The number of rotatable bonds is 4. The number of benzene rings is 2. The highest BCUT2D eigenvalue weighted by molar-refractivity contribution is 6.39. The van der Waals surface area contributed by atoms with Crippen LogP contribution in [0.15, 0.2) is 48.5 Å². The largest absolute Gasteiger partial charge is 0.345 e. The smallest absolute Gasteiger partial charge is 0.313 e. The van der Waals surface area contributed by atoms with Gasteiger partial charge in [0.1, 0.15) is 0 Å². The molecule has 0 aliphatic carbocycles. The van der Waals surface area contributed by atoms with E-state index in [0.717, 1.165) is 43.6 Å². The SMILES string of the molecule is Cc1ccc(C)c(NC(=O)C(=O)NC2CCN(Cc3ccccc3)CC2)c1. The quantitative estimate of drug-likeness (QED) is 0.819. The van der Waals surface area contributed by atoms with Crippen molar-refractivity contribution in [3.8, 4) is 0 Å². The molecular weight excluding hydrogens is 338 g/mol. The molecule has 0 radical (unpaired) electrons. The van der Waals surface area contributed by atoms with E-state index in [2.05, 4.69) is 39.8 Å². The van der Waals surface area contributed by atoms with Crippen molar-refractivity contribution in [1.29, 1.82) is 0 Å². The van der Waals surface area contributed by atoms with Gasteiger partial charge in [-0.3, -0.25) is 14.5 Å². The fourth-order valence-electron chi connectivity index (χ4n) is 3.38. The zero-order valence-electron chi connectivity index (χ0n) is 16.0. The number of nitrogens with zero attached hydrogens (tertiary/aromatic N) is 1. The highest BCUT2D eigenvalue weighted by atomic mass is 16.2. The van der Waals surface area contributed by atoms with Gasteiger partial charge in [0.05, 0.1) is 0 Å². The van der Waals surface area contributed by atoms with E-state index >= 15 is 0 Å². The van der Waals surface area contributed by atoms with E-state index in [0.29, 0.717) is 5.69 Å². The summed E-state index contributed by atoms with van der Waals surface area (Å²) in [6.45, 7) is 6.62. The number of carbonyl (C=O) groups is 2. The molecule has 2 amide bonds. The maximum atomic E-state index is 12.2. The zero-order valence-corrected chi connectivity index (χ0v) is 16.0. The molecule has 0 unspecified atom stereocenters. The topological polar surface area (TPSA) is 61.4 Å². The molecule has 0 bridgehead atoms. The predicted octanol–water partition coefficient (Wildman–Crippen LogP) is 3.02. The van der Waals surface area contributed by atoms with Gasteiger partial charge in [0.25, 0.3) is 0 Å². The normalized spacial score (nSPS) is 15.3. The van der Waals surface area contributed by atoms with Gasteiger partial charge >= 0.3 is 11.8 Å². The summed E-state index contributed by atoms with van der Waals surface area (Å²) in [7, 11) is 0. The van der Waals surface area contributed by atoms with Gasteiger partial charge in [-0.1, -0.05) is 42.5 Å². The van der Waals surface area contributed by atoms with Crippen LogP contribution in [0, 0.1) is 13.8 Å². The third-order valence-electron chi connectivity index (χ3n) is 5.02. The van der Waals surface area contributed by atoms with E-state index in [1.165, 1.54) is 5.56 Å². The molecule has 5 heteroatoms. The van der Waals surface area contributed by atoms with Crippen LogP contribution in [0.4, 0.5) is 5.69 Å². The van der Waals surface area contributed by atoms with E-state index in [1.807, 2.05) is 38.1 Å². The van der Waals surface area contributed by atoms with Crippen LogP contribution in [0.25, 0.3) is 0 Å². The second kappa shape index (κ2) is 8.82. The van der Waals surface area contributed by atoms with Gasteiger partial charge < -0.3 is 10.6 Å². The van der Waals surface area contributed by atoms with Crippen LogP contribution < -0.4 is 10.6 Å². The van der Waals surface area contributed by atoms with Gasteiger partial charge in [-0.05, 0) is 49.4 Å². The third kappa shape index (κ3) is 5.41. The van der Waals surface area contributed by atoms with Crippen molar-refractivity contribution in [2.45, 2.75) is 39.3 Å². The van der Waals surface area contributed by atoms with E-state index in [9.17, 15) is 9.59 Å². The molecule has 1 heterocycles. The Morgan fingerprint density at radius 3 is 2.41 bits per heavy atom. The van der Waals surface area contributed by atoms with Crippen molar-refractivity contribution in [3.63, 3.8) is 0 Å². The first-order chi connectivity index (χ1) is 13.0. The molecule has 2 N–H and O–H groups in total. The Hall–Kier alpha value is -2.66. The second-order valence-corrected chi connectivity index (χ2v) is 7.28. The standard InChI is InChI=1S/C22H27N3O2/c1-16-8-9-17(2)20(14-16)24-22(27)21(26)23-19-10-12-25(13-11-19)15-18-6-4-3-5-7-18/h3-9,14,19H,10-13,15H2,1-2H3,(H,23,26)(H,24,27). The van der Waals surface area contributed by atoms with Gasteiger partial charge in [0.2, 0.25) is 0 Å². The van der Waals surface area contributed by atoms with Gasteiger partial charge in [0.15, 0.2) is 0 Å². The number of likely N-dealkylation sites (tertiary alicyclic amines) is 1. The molecule has 0 spiro atoms. The number of hydrogen-bond acceptors (Lipinski definition) is 3. The summed E-state index contributed by atoms with van der Waals surface area (Å²) in [6, 6.07) is 16.2. The minimum Gasteiger partial charge on any atom is -0.345 e. The third-order valence-corrected chi connectivity index (χ3v) is 5.02. The average Bonchev–Trinajstić information content (AvgIpc) is 2.67. The Kier molecular flexibility index (Phi) is 6.24. The average molecular weight is 365 g/mol. The lowest BCUT2D eigenvalue weighted by atomic mass is 10.0. The summed E-state index contributed by atoms with van der Waals surface area (Å²) in [4.78, 5) is 26.9. The highest BCUT2D eigenvalue weighted by Crippen LogP contribution is 2.17. The Morgan fingerprint density at radius 2 is 1.70 bits per heavy atom. The van der Waals surface area contributed by atoms with Crippen molar-refractivity contribution in [2.75, 3.05) is 18.4 Å². The van der Waals surface area contributed by atoms with Crippen LogP contribution in [0.2, 0.25) is 0 Å². The first-order valence-corrected chi connectivity index (χ1v) is 9.46. The molecule has 1 saturated heterocycles. The predicted molar refractivity (Wildman–Crippen MR) is 107 cm³/mol. The van der Waals surface area contributed by atoms with Crippen LogP contribution in [-0.2, 0) is 16.1 Å². The monoisotopic (exact) mass is 365 g/mol. The molecule has 5 nitrogen and oxygen atoms in total. The van der Waals surface area contributed by atoms with Crippen LogP contribution in [0.5, 0.6) is 0 Å². The summed E-state index contributed by atoms with van der Waals surface area (Å²) >= 11 is 0. The van der Waals surface area contributed by atoms with Crippen molar-refractivity contribution in [1.82, 2.24) is 10.2 Å². The van der Waals surface area contributed by atoms with Crippen LogP contribution in [0.3, 0.4) is 0 Å². The molecule has 1 aliphatic heterocycles. The van der Waals surface area contributed by atoms with E-state index in [4.69, 9.17) is 0 Å². The second-order valence-electron chi connectivity index (χ2n) is 7.28. The first-order valence-electron chi connectivity index (χ1n) is 9.46. The Morgan fingerprint density at radius 1 is 1.00 bits per heavy atom. The molecule has 0 atom stereocenters. The molecule has 1 aliphatic rings. The summed E-state index contributed by atoms with van der Waals surface area (Å²) in [5.74, 6) is -1.16. The van der Waals surface area contributed by atoms with Crippen LogP contribution >= 0.6 is 0 Å². The first kappa shape index (κ1) is 19.1. The van der Waals surface area contributed by atoms with Crippen molar-refractivity contribution in [2.24, 2.45) is 0 Å². The molecule has 3 rings (SSSR count). The minimum atomic E-state index is -0.601. The minimum absolute atomic E-state index is 0.0499. The molecular formula is C22H27N3O2. The van der Waals surface area contributed by atoms with Crippen LogP contribution in [-0.4, -0.2) is 35.8 Å². The Bertz CT molecular complexity index is 796. The number of anilines is 1. The lowest BCUT2D eigenvalue weighted by Crippen LogP contribution is -2.47. The number of carbonyl (C=O) groups excluding carboxylic acids is 2. The Balaban J connectivity index is 1.46. The molecule has 27 heavy (non-hydrogen) atoms. The summed E-state index contributed by atoms with van der Waals surface area (Å²) < 4.78 is 0. The fraction of sp³-hybridized carbons (Fsp3) is 0.364. The lowest BCUT2D eigenvalue weighted by molar-refractivity contribution is -0.136. The van der Waals surface area contributed by atoms with Crippen molar-refractivity contribution < 1.29 is 9.59 Å². The Labute approximate surface area is 160 Å². The maximum Gasteiger partial charge on any atom is 0.313 e. The van der Waals surface area contributed by atoms with Crippen molar-refractivity contribution in [3.05, 3.63) is 65.2 Å². The van der Waals surface area contributed by atoms with Crippen LogP contribution in [0.1, 0.15) is 29.5 Å². The number of nitrogens with one attached hydrogen (secondary N) is 2. The maximum absolute atomic E-state index is 12.2. The molecule has 2 aromatic carbocycles. The van der Waals surface area contributed by atoms with E-state index < -0.39 is 11.8 Å². The van der Waals surface area contributed by atoms with Gasteiger partial charge in [0, 0.05) is 31.4 Å². The number of amides is 2. The zero-order chi connectivity index (χ0) is 19.2. The fourth-order valence-corrected chi connectivity index (χ4v) is 3.38. The van der Waals surface area contributed by atoms with Gasteiger partial charge in [-0.15, -0.1) is 0 Å². The summed E-state index contributed by atoms with van der Waals surface area (Å²) in [6.07, 6.45) is 1.71. The van der Waals surface area contributed by atoms with Gasteiger partial charge in [-0.25, -0.2) is 0 Å². The molecule has 0 aromatic heterocycles. The molecule has 2 aromatic rings. The van der Waals surface area contributed by atoms with E-state index in [-0.39, 0.29) is 6.04 Å². The molecule has 142 valence electrons.